The summed E-state index contributed by atoms with van der Waals surface area (Å²) in [4.78, 5) is 42.0. The minimum Gasteiger partial charge on any atom is -0.480 e. The molecule has 0 aromatic heterocycles. The van der Waals surface area contributed by atoms with E-state index in [0.29, 0.717) is 5.17 Å². The number of amides is 2. The topological polar surface area (TPSA) is 99.1 Å². The van der Waals surface area contributed by atoms with Crippen LogP contribution in [0.1, 0.15) is 13.3 Å². The van der Waals surface area contributed by atoms with Crippen molar-refractivity contribution in [3.8, 4) is 0 Å². The number of aliphatic carboxylic acids is 1. The minimum absolute atomic E-state index is 0.122. The third-order valence-corrected chi connectivity index (χ3v) is 5.61. The van der Waals surface area contributed by atoms with Crippen LogP contribution in [0, 0.1) is 0 Å². The number of hydrogen-bond donors (Lipinski definition) is 2. The van der Waals surface area contributed by atoms with Crippen LogP contribution in [0.15, 0.2) is 60.1 Å². The lowest BCUT2D eigenvalue weighted by Crippen LogP contribution is -2.40. The van der Waals surface area contributed by atoms with Gasteiger partial charge in [0.05, 0.1) is 5.69 Å². The van der Waals surface area contributed by atoms with Gasteiger partial charge in [-0.25, -0.2) is 4.99 Å². The highest BCUT2D eigenvalue weighted by molar-refractivity contribution is 8.15. The van der Waals surface area contributed by atoms with Crippen LogP contribution in [-0.2, 0) is 14.4 Å². The smallest absolute Gasteiger partial charge is 0.325 e. The van der Waals surface area contributed by atoms with Gasteiger partial charge >= 0.3 is 5.97 Å². The summed E-state index contributed by atoms with van der Waals surface area (Å²) in [7, 11) is 0. The van der Waals surface area contributed by atoms with Crippen molar-refractivity contribution in [3.05, 3.63) is 55.1 Å². The Balaban J connectivity index is 1.85. The van der Waals surface area contributed by atoms with Crippen molar-refractivity contribution in [3.63, 3.8) is 0 Å². The van der Waals surface area contributed by atoms with E-state index >= 15 is 0 Å². The summed E-state index contributed by atoms with van der Waals surface area (Å²) in [6, 6.07) is 12.6. The molecule has 2 aromatic carbocycles. The van der Waals surface area contributed by atoms with E-state index in [1.807, 2.05) is 42.5 Å². The van der Waals surface area contributed by atoms with Gasteiger partial charge in [-0.15, -0.1) is 6.58 Å². The molecular formula is C21H21N3O4S. The Hall–Kier alpha value is -3.13. The van der Waals surface area contributed by atoms with Crippen molar-refractivity contribution in [1.82, 2.24) is 10.2 Å². The Morgan fingerprint density at radius 1 is 1.31 bits per heavy atom. The van der Waals surface area contributed by atoms with Crippen LogP contribution in [0.2, 0.25) is 0 Å². The number of thioether (sulfide) groups is 1. The Labute approximate surface area is 172 Å². The second-order valence-corrected chi connectivity index (χ2v) is 7.74. The molecule has 0 saturated carbocycles. The summed E-state index contributed by atoms with van der Waals surface area (Å²) in [6.45, 7) is 5.35. The molecule has 1 saturated heterocycles. The average molecular weight is 411 g/mol. The lowest BCUT2D eigenvalue weighted by Gasteiger charge is -2.14. The second kappa shape index (κ2) is 8.91. The summed E-state index contributed by atoms with van der Waals surface area (Å²) < 4.78 is 0. The molecule has 0 aliphatic carbocycles. The first-order valence-corrected chi connectivity index (χ1v) is 9.96. The van der Waals surface area contributed by atoms with Gasteiger partial charge in [-0.3, -0.25) is 19.3 Å². The van der Waals surface area contributed by atoms with Gasteiger partial charge in [0.15, 0.2) is 5.17 Å². The van der Waals surface area contributed by atoms with Crippen molar-refractivity contribution < 1.29 is 19.5 Å². The highest BCUT2D eigenvalue weighted by Gasteiger charge is 2.39. The van der Waals surface area contributed by atoms with E-state index < -0.39 is 23.2 Å². The summed E-state index contributed by atoms with van der Waals surface area (Å²) in [5.74, 6) is -1.86. The van der Waals surface area contributed by atoms with Gasteiger partial charge in [0.2, 0.25) is 11.8 Å². The third-order valence-electron chi connectivity index (χ3n) is 4.43. The molecule has 29 heavy (non-hydrogen) atoms. The quantitative estimate of drug-likeness (QED) is 0.683. The first kappa shape index (κ1) is 20.6. The van der Waals surface area contributed by atoms with Crippen LogP contribution >= 0.6 is 11.8 Å². The van der Waals surface area contributed by atoms with E-state index in [0.717, 1.165) is 16.5 Å². The number of nitrogens with one attached hydrogen (secondary N) is 1. The largest absolute Gasteiger partial charge is 0.480 e. The van der Waals surface area contributed by atoms with Gasteiger partial charge in [0, 0.05) is 18.4 Å². The molecule has 1 heterocycles. The first-order chi connectivity index (χ1) is 13.9. The Morgan fingerprint density at radius 2 is 2.03 bits per heavy atom. The summed E-state index contributed by atoms with van der Waals surface area (Å²) in [5, 5.41) is 13.1. The Kier molecular flexibility index (Phi) is 6.33. The number of carboxylic acids is 1. The van der Waals surface area contributed by atoms with Gasteiger partial charge in [0.25, 0.3) is 0 Å². The molecule has 8 heteroatoms. The van der Waals surface area contributed by atoms with E-state index in [1.54, 1.807) is 6.08 Å². The number of aliphatic imine (C=N–C) groups is 1. The molecule has 0 radical (unpaired) electrons. The number of carbonyl (C=O) groups is 3. The van der Waals surface area contributed by atoms with Gasteiger partial charge < -0.3 is 10.4 Å². The van der Waals surface area contributed by atoms with Crippen molar-refractivity contribution in [2.24, 2.45) is 4.99 Å². The molecular weight excluding hydrogens is 390 g/mol. The zero-order chi connectivity index (χ0) is 21.0. The molecule has 2 unspecified atom stereocenters. The van der Waals surface area contributed by atoms with E-state index in [1.165, 1.54) is 23.6 Å². The van der Waals surface area contributed by atoms with Crippen LogP contribution in [0.5, 0.6) is 0 Å². The maximum Gasteiger partial charge on any atom is 0.325 e. The average Bonchev–Trinajstić information content (AvgIpc) is 2.97. The molecule has 1 aliphatic rings. The lowest BCUT2D eigenvalue weighted by atomic mass is 10.1. The predicted octanol–water partition coefficient (Wildman–Crippen LogP) is 2.94. The summed E-state index contributed by atoms with van der Waals surface area (Å²) in [6.07, 6.45) is 1.48. The predicted molar refractivity (Wildman–Crippen MR) is 114 cm³/mol. The molecule has 2 amide bonds. The van der Waals surface area contributed by atoms with Crippen LogP contribution in [0.4, 0.5) is 5.69 Å². The van der Waals surface area contributed by atoms with E-state index in [2.05, 4.69) is 11.9 Å². The van der Waals surface area contributed by atoms with Gasteiger partial charge in [0.1, 0.15) is 11.3 Å². The van der Waals surface area contributed by atoms with Crippen molar-refractivity contribution in [2.45, 2.75) is 24.6 Å². The SMILES string of the molecule is C=CCN1C(=O)C(CC(=O)NC(C)C(=O)O)SC1=Nc1cccc2ccccc12. The van der Waals surface area contributed by atoms with Crippen LogP contribution in [0.3, 0.4) is 0 Å². The molecule has 2 atom stereocenters. The fourth-order valence-corrected chi connectivity index (χ4v) is 4.12. The maximum absolute atomic E-state index is 12.8. The second-order valence-electron chi connectivity index (χ2n) is 6.57. The third kappa shape index (κ3) is 4.65. The number of nitrogens with zero attached hydrogens (tertiary/aromatic N) is 2. The summed E-state index contributed by atoms with van der Waals surface area (Å²) >= 11 is 1.20. The zero-order valence-electron chi connectivity index (χ0n) is 15.9. The van der Waals surface area contributed by atoms with Crippen LogP contribution in [0.25, 0.3) is 10.8 Å². The van der Waals surface area contributed by atoms with Gasteiger partial charge in [-0.2, -0.15) is 0 Å². The Morgan fingerprint density at radius 3 is 2.76 bits per heavy atom. The maximum atomic E-state index is 12.8. The zero-order valence-corrected chi connectivity index (χ0v) is 16.7. The normalized spacial score (nSPS) is 18.8. The lowest BCUT2D eigenvalue weighted by molar-refractivity contribution is -0.141. The fraction of sp³-hybridized carbons (Fsp3) is 0.238. The van der Waals surface area contributed by atoms with E-state index in [9.17, 15) is 14.4 Å². The molecule has 7 nitrogen and oxygen atoms in total. The van der Waals surface area contributed by atoms with E-state index in [4.69, 9.17) is 10.1 Å². The molecule has 150 valence electrons. The Bertz CT molecular complexity index is 999. The van der Waals surface area contributed by atoms with Crippen molar-refractivity contribution in [1.29, 1.82) is 0 Å². The monoisotopic (exact) mass is 411 g/mol. The summed E-state index contributed by atoms with van der Waals surface area (Å²) in [5.41, 5.74) is 0.733. The number of fused-ring (bicyclic) bond motifs is 1. The van der Waals surface area contributed by atoms with E-state index in [-0.39, 0.29) is 18.9 Å². The van der Waals surface area contributed by atoms with Crippen LogP contribution < -0.4 is 5.32 Å². The molecule has 0 spiro atoms. The van der Waals surface area contributed by atoms with Gasteiger partial charge in [-0.1, -0.05) is 54.2 Å². The molecule has 0 bridgehead atoms. The highest BCUT2D eigenvalue weighted by atomic mass is 32.2. The van der Waals surface area contributed by atoms with Crippen molar-refractivity contribution >= 4 is 51.2 Å². The highest BCUT2D eigenvalue weighted by Crippen LogP contribution is 2.33. The standard InChI is InChI=1S/C21H21N3O4S/c1-3-11-24-19(26)17(12-18(25)22-13(2)20(27)28)29-21(24)23-16-10-6-8-14-7-4-5-9-15(14)16/h3-10,13,17H,1,11-12H2,2H3,(H,22,25)(H,27,28). The molecule has 3 rings (SSSR count). The van der Waals surface area contributed by atoms with Crippen molar-refractivity contribution in [2.75, 3.05) is 6.54 Å². The number of hydrogen-bond acceptors (Lipinski definition) is 5. The van der Waals surface area contributed by atoms with Crippen LogP contribution in [-0.4, -0.2) is 50.8 Å². The minimum atomic E-state index is -1.13. The number of carbonyl (C=O) groups excluding carboxylic acids is 2. The number of benzene rings is 2. The number of carboxylic acid groups (broad SMARTS) is 1. The number of rotatable bonds is 7. The molecule has 2 aromatic rings. The first-order valence-electron chi connectivity index (χ1n) is 9.08. The number of amidine groups is 1. The molecule has 1 fully saturated rings. The van der Waals surface area contributed by atoms with Gasteiger partial charge in [-0.05, 0) is 18.4 Å². The fourth-order valence-electron chi connectivity index (χ4n) is 2.96. The molecule has 1 aliphatic heterocycles. The molecule has 2 N–H and O–H groups in total.